The van der Waals surface area contributed by atoms with Gasteiger partial charge in [0.05, 0.1) is 11.8 Å². The Balaban J connectivity index is 1.72. The molecule has 2 N–H and O–H groups in total. The van der Waals surface area contributed by atoms with Gasteiger partial charge in [0.2, 0.25) is 0 Å². The molecule has 0 aliphatic carbocycles. The van der Waals surface area contributed by atoms with Gasteiger partial charge in [-0.05, 0) is 30.7 Å². The van der Waals surface area contributed by atoms with Gasteiger partial charge in [0.1, 0.15) is 5.58 Å². The molecule has 0 saturated heterocycles. The third-order valence-electron chi connectivity index (χ3n) is 3.59. The highest BCUT2D eigenvalue weighted by molar-refractivity contribution is 5.99. The first-order chi connectivity index (χ1) is 11.6. The minimum atomic E-state index is -0.993. The Morgan fingerprint density at radius 3 is 2.50 bits per heavy atom. The minimum absolute atomic E-state index is 0.189. The Bertz CT molecular complexity index is 939. The number of carbonyl (C=O) groups excluding carboxylic acids is 1. The number of hydrazone groups is 1. The van der Waals surface area contributed by atoms with Gasteiger partial charge in [0, 0.05) is 10.9 Å². The quantitative estimate of drug-likeness (QED) is 0.570. The smallest absolute Gasteiger partial charge is 0.335 e. The number of hydrogen-bond donors (Lipinski definition) is 2. The molecule has 0 bridgehead atoms. The number of amides is 1. The number of para-hydroxylation sites is 1. The summed E-state index contributed by atoms with van der Waals surface area (Å²) >= 11 is 0. The van der Waals surface area contributed by atoms with Crippen LogP contribution in [0.1, 0.15) is 32.0 Å². The molecule has 6 nitrogen and oxygen atoms in total. The number of carbonyl (C=O) groups is 2. The summed E-state index contributed by atoms with van der Waals surface area (Å²) in [4.78, 5) is 22.9. The van der Waals surface area contributed by atoms with Crippen molar-refractivity contribution in [2.24, 2.45) is 5.10 Å². The number of nitrogens with one attached hydrogen (secondary N) is 1. The molecule has 0 aliphatic rings. The first-order valence-electron chi connectivity index (χ1n) is 7.21. The van der Waals surface area contributed by atoms with E-state index in [-0.39, 0.29) is 11.3 Å². The van der Waals surface area contributed by atoms with E-state index < -0.39 is 11.9 Å². The third kappa shape index (κ3) is 3.03. The van der Waals surface area contributed by atoms with Crippen LogP contribution >= 0.6 is 0 Å². The van der Waals surface area contributed by atoms with Crippen molar-refractivity contribution < 1.29 is 19.1 Å². The van der Waals surface area contributed by atoms with Crippen molar-refractivity contribution in [3.63, 3.8) is 0 Å². The van der Waals surface area contributed by atoms with E-state index in [4.69, 9.17) is 9.52 Å². The Morgan fingerprint density at radius 1 is 1.12 bits per heavy atom. The molecule has 1 aromatic heterocycles. The molecule has 24 heavy (non-hydrogen) atoms. The molecule has 0 atom stereocenters. The molecule has 6 heteroatoms. The van der Waals surface area contributed by atoms with Crippen LogP contribution in [0.25, 0.3) is 11.0 Å². The third-order valence-corrected chi connectivity index (χ3v) is 3.59. The fraction of sp³-hybridized carbons (Fsp3) is 0.0556. The number of aryl methyl sites for hydroxylation is 1. The van der Waals surface area contributed by atoms with E-state index in [9.17, 15) is 9.59 Å². The summed E-state index contributed by atoms with van der Waals surface area (Å²) in [7, 11) is 0. The van der Waals surface area contributed by atoms with Crippen LogP contribution in [-0.4, -0.2) is 23.2 Å². The van der Waals surface area contributed by atoms with Crippen molar-refractivity contribution in [3.8, 4) is 0 Å². The monoisotopic (exact) mass is 322 g/mol. The highest BCUT2D eigenvalue weighted by Crippen LogP contribution is 2.24. The van der Waals surface area contributed by atoms with Gasteiger partial charge in [-0.15, -0.1) is 0 Å². The van der Waals surface area contributed by atoms with Gasteiger partial charge in [0.15, 0.2) is 5.76 Å². The van der Waals surface area contributed by atoms with Crippen LogP contribution in [0.15, 0.2) is 58.0 Å². The van der Waals surface area contributed by atoms with Crippen LogP contribution in [0.3, 0.4) is 0 Å². The van der Waals surface area contributed by atoms with Crippen molar-refractivity contribution in [3.05, 3.63) is 71.0 Å². The Kier molecular flexibility index (Phi) is 4.11. The van der Waals surface area contributed by atoms with Gasteiger partial charge in [-0.1, -0.05) is 30.3 Å². The minimum Gasteiger partial charge on any atom is -0.478 e. The van der Waals surface area contributed by atoms with Crippen molar-refractivity contribution >= 4 is 29.1 Å². The van der Waals surface area contributed by atoms with Crippen molar-refractivity contribution in [2.45, 2.75) is 6.92 Å². The summed E-state index contributed by atoms with van der Waals surface area (Å²) in [6.07, 6.45) is 1.43. The fourth-order valence-corrected chi connectivity index (χ4v) is 2.32. The highest BCUT2D eigenvalue weighted by atomic mass is 16.4. The van der Waals surface area contributed by atoms with E-state index in [1.54, 1.807) is 18.2 Å². The second kappa shape index (κ2) is 6.37. The zero-order chi connectivity index (χ0) is 17.1. The highest BCUT2D eigenvalue weighted by Gasteiger charge is 2.16. The largest absolute Gasteiger partial charge is 0.478 e. The van der Waals surface area contributed by atoms with Crippen molar-refractivity contribution in [2.75, 3.05) is 0 Å². The molecule has 120 valence electrons. The van der Waals surface area contributed by atoms with Crippen molar-refractivity contribution in [1.29, 1.82) is 0 Å². The van der Waals surface area contributed by atoms with Gasteiger partial charge < -0.3 is 9.52 Å². The van der Waals surface area contributed by atoms with E-state index in [1.807, 2.05) is 25.1 Å². The average Bonchev–Trinajstić information content (AvgIpc) is 2.93. The second-order valence-corrected chi connectivity index (χ2v) is 5.18. The number of fused-ring (bicyclic) bond motifs is 1. The molecule has 0 saturated carbocycles. The first-order valence-corrected chi connectivity index (χ1v) is 7.21. The molecular formula is C18H14N2O4. The summed E-state index contributed by atoms with van der Waals surface area (Å²) in [5.74, 6) is -1.22. The van der Waals surface area contributed by atoms with Crippen LogP contribution in [-0.2, 0) is 0 Å². The average molecular weight is 322 g/mol. The molecule has 3 aromatic rings. The Labute approximate surface area is 137 Å². The predicted octanol–water partition coefficient (Wildman–Crippen LogP) is 3.20. The zero-order valence-corrected chi connectivity index (χ0v) is 12.8. The number of carboxylic acids is 1. The maximum Gasteiger partial charge on any atom is 0.335 e. The number of furan rings is 1. The predicted molar refractivity (Wildman–Crippen MR) is 89.4 cm³/mol. The van der Waals surface area contributed by atoms with Crippen LogP contribution in [0.2, 0.25) is 0 Å². The lowest BCUT2D eigenvalue weighted by Crippen LogP contribution is -2.17. The Morgan fingerprint density at radius 2 is 1.83 bits per heavy atom. The van der Waals surface area contributed by atoms with Gasteiger partial charge in [-0.3, -0.25) is 4.79 Å². The first kappa shape index (κ1) is 15.5. The molecule has 1 heterocycles. The van der Waals surface area contributed by atoms with E-state index in [1.165, 1.54) is 18.3 Å². The molecule has 0 radical (unpaired) electrons. The lowest BCUT2D eigenvalue weighted by molar-refractivity contribution is 0.0696. The van der Waals surface area contributed by atoms with Crippen LogP contribution in [0.4, 0.5) is 0 Å². The topological polar surface area (TPSA) is 91.9 Å². The van der Waals surface area contributed by atoms with Gasteiger partial charge in [0.25, 0.3) is 0 Å². The second-order valence-electron chi connectivity index (χ2n) is 5.18. The number of hydrogen-bond acceptors (Lipinski definition) is 4. The van der Waals surface area contributed by atoms with Gasteiger partial charge in [-0.25, -0.2) is 10.2 Å². The van der Waals surface area contributed by atoms with Crippen LogP contribution in [0, 0.1) is 6.92 Å². The summed E-state index contributed by atoms with van der Waals surface area (Å²) in [6, 6.07) is 13.5. The number of carboxylic acid groups (broad SMARTS) is 1. The molecule has 0 fully saturated rings. The van der Waals surface area contributed by atoms with Crippen LogP contribution < -0.4 is 5.43 Å². The van der Waals surface area contributed by atoms with Crippen molar-refractivity contribution in [1.82, 2.24) is 5.43 Å². The lowest BCUT2D eigenvalue weighted by Gasteiger charge is -1.98. The molecule has 3 rings (SSSR count). The Hall–Kier alpha value is -3.41. The van der Waals surface area contributed by atoms with Crippen LogP contribution in [0.5, 0.6) is 0 Å². The van der Waals surface area contributed by atoms with Gasteiger partial charge >= 0.3 is 11.9 Å². The summed E-state index contributed by atoms with van der Waals surface area (Å²) in [6.45, 7) is 1.81. The maximum atomic E-state index is 12.2. The molecule has 2 aromatic carbocycles. The molecule has 0 spiro atoms. The number of benzene rings is 2. The number of nitrogens with zero attached hydrogens (tertiary/aromatic N) is 1. The zero-order valence-electron chi connectivity index (χ0n) is 12.8. The lowest BCUT2D eigenvalue weighted by atomic mass is 10.1. The van der Waals surface area contributed by atoms with E-state index in [2.05, 4.69) is 10.5 Å². The summed E-state index contributed by atoms with van der Waals surface area (Å²) < 4.78 is 5.55. The molecule has 1 amide bonds. The van der Waals surface area contributed by atoms with E-state index in [0.717, 1.165) is 10.9 Å². The standard InChI is InChI=1S/C18H14N2O4/c1-11-14-4-2-3-5-15(14)24-16(11)17(21)20-19-10-12-6-8-13(9-7-12)18(22)23/h2-10H,1H3,(H,20,21)(H,22,23)/b19-10-. The molecule has 0 unspecified atom stereocenters. The molecular weight excluding hydrogens is 308 g/mol. The SMILES string of the molecule is Cc1c(C(=O)N/N=C\c2ccc(C(=O)O)cc2)oc2ccccc12. The fourth-order valence-electron chi connectivity index (χ4n) is 2.32. The van der Waals surface area contributed by atoms with E-state index >= 15 is 0 Å². The van der Waals surface area contributed by atoms with Gasteiger partial charge in [-0.2, -0.15) is 5.10 Å². The summed E-state index contributed by atoms with van der Waals surface area (Å²) in [5.41, 5.74) is 4.66. The van der Waals surface area contributed by atoms with E-state index in [0.29, 0.717) is 11.1 Å². The number of aromatic carboxylic acids is 1. The summed E-state index contributed by atoms with van der Waals surface area (Å²) in [5, 5.41) is 13.6. The maximum absolute atomic E-state index is 12.2. The number of rotatable bonds is 4. The molecule has 0 aliphatic heterocycles. The normalized spacial score (nSPS) is 11.0.